The quantitative estimate of drug-likeness (QED) is 0.581. The Kier molecular flexibility index (Phi) is 7.67. The fraction of sp³-hybridized carbons (Fsp3) is 0.333. The van der Waals surface area contributed by atoms with Crippen molar-refractivity contribution in [2.24, 2.45) is 4.99 Å². The number of nitrogens with one attached hydrogen (secondary N) is 2. The Balaban J connectivity index is 2.03. The summed E-state index contributed by atoms with van der Waals surface area (Å²) in [5, 5.41) is 6.38. The Morgan fingerprint density at radius 1 is 1.07 bits per heavy atom. The number of rotatable bonds is 7. The van der Waals surface area contributed by atoms with Crippen LogP contribution in [0.5, 0.6) is 5.75 Å². The van der Waals surface area contributed by atoms with Crippen LogP contribution < -0.4 is 15.4 Å². The number of hydrogen-bond acceptors (Lipinski definition) is 3. The molecule has 0 fully saturated rings. The number of carbonyl (C=O) groups is 1. The normalized spacial score (nSPS) is 11.0. The summed E-state index contributed by atoms with van der Waals surface area (Å²) in [7, 11) is 5.12. The zero-order valence-electron chi connectivity index (χ0n) is 16.5. The van der Waals surface area contributed by atoms with Gasteiger partial charge in [-0.1, -0.05) is 42.0 Å². The zero-order chi connectivity index (χ0) is 19.6. The predicted octanol–water partition coefficient (Wildman–Crippen LogP) is 2.33. The van der Waals surface area contributed by atoms with Crippen molar-refractivity contribution in [1.82, 2.24) is 15.5 Å². The van der Waals surface area contributed by atoms with E-state index in [0.29, 0.717) is 19.0 Å². The van der Waals surface area contributed by atoms with E-state index in [0.717, 1.165) is 16.9 Å². The van der Waals surface area contributed by atoms with Gasteiger partial charge in [0.05, 0.1) is 20.2 Å². The van der Waals surface area contributed by atoms with E-state index in [-0.39, 0.29) is 12.5 Å². The molecule has 144 valence electrons. The van der Waals surface area contributed by atoms with Crippen LogP contribution in [-0.4, -0.2) is 44.5 Å². The van der Waals surface area contributed by atoms with Crippen LogP contribution in [0.2, 0.25) is 0 Å². The monoisotopic (exact) mass is 368 g/mol. The van der Waals surface area contributed by atoms with Crippen LogP contribution in [0.1, 0.15) is 16.7 Å². The summed E-state index contributed by atoms with van der Waals surface area (Å²) in [6.45, 7) is 3.38. The molecule has 0 saturated carbocycles. The van der Waals surface area contributed by atoms with Crippen molar-refractivity contribution in [3.63, 3.8) is 0 Å². The molecule has 0 aliphatic carbocycles. The highest BCUT2D eigenvalue weighted by molar-refractivity contribution is 5.86. The van der Waals surface area contributed by atoms with Crippen molar-refractivity contribution >= 4 is 11.9 Å². The molecule has 2 aromatic rings. The number of methoxy groups -OCH3 is 1. The number of benzene rings is 2. The average molecular weight is 368 g/mol. The highest BCUT2D eigenvalue weighted by Crippen LogP contribution is 2.11. The molecule has 0 aromatic heterocycles. The van der Waals surface area contributed by atoms with Crippen molar-refractivity contribution < 1.29 is 9.53 Å². The number of amides is 1. The molecule has 6 heteroatoms. The minimum Gasteiger partial charge on any atom is -0.497 e. The van der Waals surface area contributed by atoms with Gasteiger partial charge in [-0.3, -0.25) is 4.79 Å². The molecule has 0 radical (unpaired) electrons. The number of hydrogen-bond donors (Lipinski definition) is 2. The zero-order valence-corrected chi connectivity index (χ0v) is 16.5. The van der Waals surface area contributed by atoms with Crippen molar-refractivity contribution in [3.8, 4) is 5.75 Å². The highest BCUT2D eigenvalue weighted by atomic mass is 16.5. The smallest absolute Gasteiger partial charge is 0.241 e. The van der Waals surface area contributed by atoms with Crippen LogP contribution in [0.3, 0.4) is 0 Å². The van der Waals surface area contributed by atoms with Gasteiger partial charge in [0.1, 0.15) is 5.75 Å². The number of likely N-dealkylation sites (N-methyl/N-ethyl adjacent to an activating group) is 1. The van der Waals surface area contributed by atoms with E-state index in [1.54, 1.807) is 26.1 Å². The molecule has 0 unspecified atom stereocenters. The predicted molar refractivity (Wildman–Crippen MR) is 109 cm³/mol. The van der Waals surface area contributed by atoms with Crippen LogP contribution in [0.4, 0.5) is 0 Å². The van der Waals surface area contributed by atoms with Gasteiger partial charge in [-0.2, -0.15) is 0 Å². The molecule has 0 aliphatic rings. The van der Waals surface area contributed by atoms with Crippen LogP contribution >= 0.6 is 0 Å². The number of aliphatic imine (C=N–C) groups is 1. The third kappa shape index (κ3) is 7.01. The van der Waals surface area contributed by atoms with E-state index in [9.17, 15) is 4.79 Å². The Hall–Kier alpha value is -3.02. The van der Waals surface area contributed by atoms with Gasteiger partial charge in [0, 0.05) is 20.6 Å². The Labute approximate surface area is 161 Å². The fourth-order valence-electron chi connectivity index (χ4n) is 2.40. The lowest BCUT2D eigenvalue weighted by molar-refractivity contribution is -0.127. The number of carbonyl (C=O) groups excluding carboxylic acids is 1. The molecule has 2 N–H and O–H groups in total. The summed E-state index contributed by atoms with van der Waals surface area (Å²) in [6, 6.07) is 16.1. The van der Waals surface area contributed by atoms with E-state index in [1.165, 1.54) is 5.56 Å². The fourth-order valence-corrected chi connectivity index (χ4v) is 2.40. The van der Waals surface area contributed by atoms with Crippen molar-refractivity contribution in [2.75, 3.05) is 27.7 Å². The lowest BCUT2D eigenvalue weighted by atomic mass is 10.1. The first kappa shape index (κ1) is 20.3. The van der Waals surface area contributed by atoms with Crippen molar-refractivity contribution in [3.05, 3.63) is 65.2 Å². The van der Waals surface area contributed by atoms with Crippen LogP contribution in [0.15, 0.2) is 53.5 Å². The molecule has 2 aromatic carbocycles. The largest absolute Gasteiger partial charge is 0.497 e. The lowest BCUT2D eigenvalue weighted by Crippen LogP contribution is -2.42. The van der Waals surface area contributed by atoms with Gasteiger partial charge < -0.3 is 20.3 Å². The summed E-state index contributed by atoms with van der Waals surface area (Å²) in [5.74, 6) is 1.41. The van der Waals surface area contributed by atoms with Gasteiger partial charge in [-0.25, -0.2) is 4.99 Å². The molecule has 27 heavy (non-hydrogen) atoms. The van der Waals surface area contributed by atoms with E-state index < -0.39 is 0 Å². The average Bonchev–Trinajstić information content (AvgIpc) is 2.67. The molecule has 0 aliphatic heterocycles. The SMILES string of the molecule is COc1ccc(CNC(=NCc2cccc(C)c2)NCC(=O)N(C)C)cc1. The van der Waals surface area contributed by atoms with Gasteiger partial charge >= 0.3 is 0 Å². The maximum absolute atomic E-state index is 11.9. The first-order valence-electron chi connectivity index (χ1n) is 8.88. The molecular formula is C21H28N4O2. The Morgan fingerprint density at radius 2 is 1.81 bits per heavy atom. The van der Waals surface area contributed by atoms with Crippen LogP contribution in [-0.2, 0) is 17.9 Å². The van der Waals surface area contributed by atoms with E-state index in [1.807, 2.05) is 36.4 Å². The van der Waals surface area contributed by atoms with E-state index in [2.05, 4.69) is 34.7 Å². The first-order chi connectivity index (χ1) is 13.0. The van der Waals surface area contributed by atoms with Gasteiger partial charge in [0.15, 0.2) is 5.96 Å². The van der Waals surface area contributed by atoms with Crippen LogP contribution in [0.25, 0.3) is 0 Å². The Morgan fingerprint density at radius 3 is 2.44 bits per heavy atom. The molecule has 1 amide bonds. The summed E-state index contributed by atoms with van der Waals surface area (Å²) in [6.07, 6.45) is 0. The maximum atomic E-state index is 11.9. The lowest BCUT2D eigenvalue weighted by Gasteiger charge is -2.15. The van der Waals surface area contributed by atoms with E-state index in [4.69, 9.17) is 4.74 Å². The summed E-state index contributed by atoms with van der Waals surface area (Å²) < 4.78 is 5.18. The molecule has 0 bridgehead atoms. The first-order valence-corrected chi connectivity index (χ1v) is 8.88. The highest BCUT2D eigenvalue weighted by Gasteiger charge is 2.06. The molecule has 0 spiro atoms. The number of guanidine groups is 1. The molecule has 6 nitrogen and oxygen atoms in total. The number of ether oxygens (including phenoxy) is 1. The van der Waals surface area contributed by atoms with E-state index >= 15 is 0 Å². The molecule has 2 rings (SSSR count). The second kappa shape index (κ2) is 10.2. The molecule has 0 atom stereocenters. The van der Waals surface area contributed by atoms with Crippen molar-refractivity contribution in [1.29, 1.82) is 0 Å². The Bertz CT molecular complexity index is 770. The van der Waals surface area contributed by atoms with Gasteiger partial charge in [-0.05, 0) is 30.2 Å². The molecule has 0 heterocycles. The van der Waals surface area contributed by atoms with Gasteiger partial charge in [0.25, 0.3) is 0 Å². The third-order valence-electron chi connectivity index (χ3n) is 4.03. The third-order valence-corrected chi connectivity index (χ3v) is 4.03. The van der Waals surface area contributed by atoms with Gasteiger partial charge in [-0.15, -0.1) is 0 Å². The van der Waals surface area contributed by atoms with Crippen molar-refractivity contribution in [2.45, 2.75) is 20.0 Å². The minimum atomic E-state index is -0.00972. The maximum Gasteiger partial charge on any atom is 0.241 e. The molecule has 0 saturated heterocycles. The summed E-state index contributed by atoms with van der Waals surface area (Å²) in [4.78, 5) is 18.0. The van der Waals surface area contributed by atoms with Crippen LogP contribution in [0, 0.1) is 6.92 Å². The standard InChI is InChI=1S/C21H28N4O2/c1-16-6-5-7-18(12-16)14-23-21(24-15-20(26)25(2)3)22-13-17-8-10-19(27-4)11-9-17/h5-12H,13-15H2,1-4H3,(H2,22,23,24). The minimum absolute atomic E-state index is 0.00972. The summed E-state index contributed by atoms with van der Waals surface area (Å²) >= 11 is 0. The number of aryl methyl sites for hydroxylation is 1. The second-order valence-corrected chi connectivity index (χ2v) is 6.50. The summed E-state index contributed by atoms with van der Waals surface area (Å²) in [5.41, 5.74) is 3.42. The number of nitrogens with zero attached hydrogens (tertiary/aromatic N) is 2. The molecular weight excluding hydrogens is 340 g/mol. The second-order valence-electron chi connectivity index (χ2n) is 6.50. The topological polar surface area (TPSA) is 66.0 Å². The van der Waals surface area contributed by atoms with Gasteiger partial charge in [0.2, 0.25) is 5.91 Å².